The lowest BCUT2D eigenvalue weighted by Gasteiger charge is -2.11. The molecule has 0 spiro atoms. The van der Waals surface area contributed by atoms with Crippen LogP contribution in [0.5, 0.6) is 0 Å². The molecule has 0 amide bonds. The van der Waals surface area contributed by atoms with Crippen molar-refractivity contribution < 1.29 is 0 Å². The van der Waals surface area contributed by atoms with E-state index in [1.807, 2.05) is 37.4 Å². The minimum Gasteiger partial charge on any atom is -0.379 e. The molecule has 0 saturated heterocycles. The average molecular weight is 285 g/mol. The Bertz CT molecular complexity index is 819. The van der Waals surface area contributed by atoms with Crippen molar-refractivity contribution in [2.75, 3.05) is 5.32 Å². The van der Waals surface area contributed by atoms with E-state index in [1.165, 1.54) is 0 Å². The molecular weight excluding hydrogens is 270 g/mol. The molecule has 1 aromatic carbocycles. The minimum atomic E-state index is -0.00770. The molecule has 0 unspecified atom stereocenters. The summed E-state index contributed by atoms with van der Waals surface area (Å²) in [5, 5.41) is 5.45. The number of thiazole rings is 1. The monoisotopic (exact) mass is 285 g/mol. The highest BCUT2D eigenvalue weighted by Crippen LogP contribution is 2.22. The highest BCUT2D eigenvalue weighted by molar-refractivity contribution is 7.11. The third-order valence-electron chi connectivity index (χ3n) is 3.28. The van der Waals surface area contributed by atoms with Gasteiger partial charge in [0.1, 0.15) is 0 Å². The fourth-order valence-electron chi connectivity index (χ4n) is 2.23. The second-order valence-corrected chi connectivity index (χ2v) is 5.99. The molecule has 0 saturated carbocycles. The van der Waals surface area contributed by atoms with Gasteiger partial charge < -0.3 is 9.88 Å². The van der Waals surface area contributed by atoms with E-state index in [-0.39, 0.29) is 5.56 Å². The first-order chi connectivity index (χ1) is 9.65. The Kier molecular flexibility index (Phi) is 3.28. The molecule has 4 nitrogen and oxygen atoms in total. The number of rotatable bonds is 3. The van der Waals surface area contributed by atoms with Crippen molar-refractivity contribution in [1.82, 2.24) is 9.55 Å². The zero-order valence-electron chi connectivity index (χ0n) is 11.4. The molecule has 2 aromatic heterocycles. The van der Waals surface area contributed by atoms with Crippen LogP contribution in [0.1, 0.15) is 9.88 Å². The van der Waals surface area contributed by atoms with Crippen molar-refractivity contribution in [1.29, 1.82) is 0 Å². The first-order valence-electron chi connectivity index (χ1n) is 6.39. The molecule has 0 atom stereocenters. The molecule has 0 aliphatic rings. The van der Waals surface area contributed by atoms with Crippen LogP contribution in [0.3, 0.4) is 0 Å². The Morgan fingerprint density at radius 3 is 2.90 bits per heavy atom. The summed E-state index contributed by atoms with van der Waals surface area (Å²) in [6, 6.07) is 9.55. The summed E-state index contributed by atoms with van der Waals surface area (Å²) in [5.74, 6) is 0. The van der Waals surface area contributed by atoms with Crippen LogP contribution in [0.2, 0.25) is 0 Å². The van der Waals surface area contributed by atoms with Gasteiger partial charge in [0.25, 0.3) is 5.56 Å². The van der Waals surface area contributed by atoms with Crippen molar-refractivity contribution in [2.45, 2.75) is 13.5 Å². The number of aromatic nitrogens is 2. The third kappa shape index (κ3) is 2.32. The van der Waals surface area contributed by atoms with E-state index in [1.54, 1.807) is 29.0 Å². The third-order valence-corrected chi connectivity index (χ3v) is 4.19. The van der Waals surface area contributed by atoms with Crippen molar-refractivity contribution in [2.24, 2.45) is 7.05 Å². The van der Waals surface area contributed by atoms with Crippen molar-refractivity contribution >= 4 is 27.9 Å². The van der Waals surface area contributed by atoms with Crippen molar-refractivity contribution in [3.8, 4) is 0 Å². The number of pyridine rings is 1. The average Bonchev–Trinajstić information content (AvgIpc) is 2.87. The maximum Gasteiger partial charge on any atom is 0.252 e. The number of hydrogen-bond donors (Lipinski definition) is 1. The normalized spacial score (nSPS) is 10.9. The summed E-state index contributed by atoms with van der Waals surface area (Å²) in [7, 11) is 1.79. The predicted molar refractivity (Wildman–Crippen MR) is 83.4 cm³/mol. The summed E-state index contributed by atoms with van der Waals surface area (Å²) in [6.07, 6.45) is 1.87. The van der Waals surface area contributed by atoms with Crippen molar-refractivity contribution in [3.63, 3.8) is 0 Å². The zero-order valence-corrected chi connectivity index (χ0v) is 12.2. The standard InChI is InChI=1S/C15H15N3OS/c1-10-16-8-11(20-10)9-17-13-7-15(19)18(2)14-6-4-3-5-12(13)14/h3-8,17H,9H2,1-2H3. The zero-order chi connectivity index (χ0) is 14.1. The van der Waals surface area contributed by atoms with Gasteiger partial charge in [0.05, 0.1) is 17.1 Å². The quantitative estimate of drug-likeness (QED) is 0.805. The summed E-state index contributed by atoms with van der Waals surface area (Å²) >= 11 is 1.66. The van der Waals surface area contributed by atoms with E-state index in [4.69, 9.17) is 0 Å². The first kappa shape index (κ1) is 12.9. The van der Waals surface area contributed by atoms with Crippen LogP contribution in [-0.2, 0) is 13.6 Å². The largest absolute Gasteiger partial charge is 0.379 e. The maximum atomic E-state index is 12.0. The molecule has 0 aliphatic heterocycles. The van der Waals surface area contributed by atoms with Gasteiger partial charge in [-0.15, -0.1) is 11.3 Å². The SMILES string of the molecule is Cc1ncc(CNc2cc(=O)n(C)c3ccccc23)s1. The van der Waals surface area contributed by atoms with Crippen LogP contribution in [0, 0.1) is 6.92 Å². The molecule has 5 heteroatoms. The van der Waals surface area contributed by atoms with Gasteiger partial charge in [0.2, 0.25) is 0 Å². The van der Waals surface area contributed by atoms with Gasteiger partial charge in [0, 0.05) is 35.3 Å². The van der Waals surface area contributed by atoms with Crippen LogP contribution >= 0.6 is 11.3 Å². The summed E-state index contributed by atoms with van der Waals surface area (Å²) < 4.78 is 1.66. The van der Waals surface area contributed by atoms with Crippen molar-refractivity contribution in [3.05, 3.63) is 56.8 Å². The summed E-state index contributed by atoms with van der Waals surface area (Å²) in [4.78, 5) is 17.4. The molecule has 3 rings (SSSR count). The van der Waals surface area contributed by atoms with Gasteiger partial charge in [-0.1, -0.05) is 18.2 Å². The molecule has 102 valence electrons. The Morgan fingerprint density at radius 1 is 1.35 bits per heavy atom. The van der Waals surface area contributed by atoms with Crippen LogP contribution in [-0.4, -0.2) is 9.55 Å². The maximum absolute atomic E-state index is 12.0. The van der Waals surface area contributed by atoms with E-state index >= 15 is 0 Å². The molecule has 0 bridgehead atoms. The topological polar surface area (TPSA) is 46.9 Å². The number of fused-ring (bicyclic) bond motifs is 1. The van der Waals surface area contributed by atoms with Gasteiger partial charge in [0.15, 0.2) is 0 Å². The molecule has 0 aliphatic carbocycles. The number of nitrogens with one attached hydrogen (secondary N) is 1. The van der Waals surface area contributed by atoms with Gasteiger partial charge in [-0.25, -0.2) is 4.98 Å². The predicted octanol–water partition coefficient (Wildman–Crippen LogP) is 2.92. The van der Waals surface area contributed by atoms with Gasteiger partial charge >= 0.3 is 0 Å². The minimum absolute atomic E-state index is 0.00770. The van der Waals surface area contributed by atoms with E-state index in [9.17, 15) is 4.79 Å². The van der Waals surface area contributed by atoms with Crippen LogP contribution in [0.15, 0.2) is 41.3 Å². The number of hydrogen-bond acceptors (Lipinski definition) is 4. The lowest BCUT2D eigenvalue weighted by atomic mass is 10.2. The Labute approximate surface area is 120 Å². The number of benzene rings is 1. The highest BCUT2D eigenvalue weighted by atomic mass is 32.1. The summed E-state index contributed by atoms with van der Waals surface area (Å²) in [6.45, 7) is 2.67. The van der Waals surface area contributed by atoms with Crippen LogP contribution < -0.4 is 10.9 Å². The molecular formula is C15H15N3OS. The van der Waals surface area contributed by atoms with Gasteiger partial charge in [-0.05, 0) is 13.0 Å². The Balaban J connectivity index is 1.99. The Hall–Kier alpha value is -2.14. The molecule has 3 aromatic rings. The van der Waals surface area contributed by atoms with Gasteiger partial charge in [-0.2, -0.15) is 0 Å². The lowest BCUT2D eigenvalue weighted by Crippen LogP contribution is -2.17. The second-order valence-electron chi connectivity index (χ2n) is 4.67. The highest BCUT2D eigenvalue weighted by Gasteiger charge is 2.06. The van der Waals surface area contributed by atoms with Crippen LogP contribution in [0.4, 0.5) is 5.69 Å². The number of aryl methyl sites for hydroxylation is 2. The fraction of sp³-hybridized carbons (Fsp3) is 0.200. The fourth-order valence-corrected chi connectivity index (χ4v) is 2.96. The van der Waals surface area contributed by atoms with Gasteiger partial charge in [-0.3, -0.25) is 4.79 Å². The van der Waals surface area contributed by atoms with E-state index in [2.05, 4.69) is 10.3 Å². The lowest BCUT2D eigenvalue weighted by molar-refractivity contribution is 0.906. The van der Waals surface area contributed by atoms with Crippen LogP contribution in [0.25, 0.3) is 10.9 Å². The molecule has 20 heavy (non-hydrogen) atoms. The molecule has 2 heterocycles. The summed E-state index contributed by atoms with van der Waals surface area (Å²) in [5.41, 5.74) is 1.80. The number of para-hydroxylation sites is 1. The smallest absolute Gasteiger partial charge is 0.252 e. The molecule has 0 fully saturated rings. The van der Waals surface area contributed by atoms with E-state index in [0.29, 0.717) is 6.54 Å². The molecule has 1 N–H and O–H groups in total. The number of nitrogens with zero attached hydrogens (tertiary/aromatic N) is 2. The molecule has 0 radical (unpaired) electrons. The first-order valence-corrected chi connectivity index (χ1v) is 7.21. The van der Waals surface area contributed by atoms with E-state index in [0.717, 1.165) is 26.5 Å². The second kappa shape index (κ2) is 5.09. The van der Waals surface area contributed by atoms with E-state index < -0.39 is 0 Å². The Morgan fingerprint density at radius 2 is 2.15 bits per heavy atom. The number of anilines is 1.